The Kier molecular flexibility index (Phi) is 5.98. The number of nitrogens with two attached hydrogens (primary N) is 1. The number of rotatable bonds is 6. The summed E-state index contributed by atoms with van der Waals surface area (Å²) in [6.45, 7) is 1.84. The van der Waals surface area contributed by atoms with Crippen LogP contribution >= 0.6 is 0 Å². The molecule has 1 aliphatic heterocycles. The van der Waals surface area contributed by atoms with Crippen LogP contribution in [0.25, 0.3) is 0 Å². The summed E-state index contributed by atoms with van der Waals surface area (Å²) in [6.07, 6.45) is 3.45. The normalized spacial score (nSPS) is 18.8. The van der Waals surface area contributed by atoms with E-state index < -0.39 is 0 Å². The quantitative estimate of drug-likeness (QED) is 0.830. The van der Waals surface area contributed by atoms with Crippen molar-refractivity contribution in [2.75, 3.05) is 25.1 Å². The van der Waals surface area contributed by atoms with Crippen LogP contribution in [0, 0.1) is 0 Å². The molecule has 2 rings (SSSR count). The van der Waals surface area contributed by atoms with Crippen LogP contribution in [0.5, 0.6) is 0 Å². The van der Waals surface area contributed by atoms with E-state index >= 15 is 0 Å². The van der Waals surface area contributed by atoms with Crippen molar-refractivity contribution >= 4 is 11.6 Å². The molecule has 1 fully saturated rings. The third-order valence-electron chi connectivity index (χ3n) is 3.28. The Balaban J connectivity index is 1.66. The van der Waals surface area contributed by atoms with Crippen molar-refractivity contribution in [3.05, 3.63) is 29.8 Å². The number of carbonyl (C=O) groups excluding carboxylic acids is 1. The molecule has 5 nitrogen and oxygen atoms in total. The molecule has 0 bridgehead atoms. The van der Waals surface area contributed by atoms with Crippen LogP contribution in [0.4, 0.5) is 5.69 Å². The van der Waals surface area contributed by atoms with Gasteiger partial charge in [0, 0.05) is 18.8 Å². The summed E-state index contributed by atoms with van der Waals surface area (Å²) < 4.78 is 10.9. The van der Waals surface area contributed by atoms with Gasteiger partial charge in [-0.25, -0.2) is 0 Å². The number of anilines is 1. The molecular formula is C15H22N2O3. The zero-order valence-corrected chi connectivity index (χ0v) is 11.6. The molecule has 0 radical (unpaired) electrons. The Labute approximate surface area is 119 Å². The van der Waals surface area contributed by atoms with E-state index in [4.69, 9.17) is 15.2 Å². The van der Waals surface area contributed by atoms with E-state index in [1.165, 1.54) is 6.42 Å². The Morgan fingerprint density at radius 2 is 2.15 bits per heavy atom. The molecule has 0 aliphatic carbocycles. The molecule has 1 saturated heterocycles. The zero-order chi connectivity index (χ0) is 14.2. The second-order valence-electron chi connectivity index (χ2n) is 4.95. The van der Waals surface area contributed by atoms with Crippen molar-refractivity contribution in [2.24, 2.45) is 5.73 Å². The molecule has 1 aliphatic rings. The summed E-state index contributed by atoms with van der Waals surface area (Å²) in [7, 11) is 0. The third-order valence-corrected chi connectivity index (χ3v) is 3.28. The number of benzene rings is 1. The molecule has 1 aromatic rings. The van der Waals surface area contributed by atoms with Crippen LogP contribution in [-0.4, -0.2) is 31.8 Å². The van der Waals surface area contributed by atoms with Crippen LogP contribution in [-0.2, 0) is 20.8 Å². The minimum atomic E-state index is -0.152. The van der Waals surface area contributed by atoms with Gasteiger partial charge in [0.25, 0.3) is 0 Å². The Morgan fingerprint density at radius 3 is 2.80 bits per heavy atom. The summed E-state index contributed by atoms with van der Waals surface area (Å²) >= 11 is 0. The third kappa shape index (κ3) is 4.92. The number of ether oxygens (including phenoxy) is 2. The van der Waals surface area contributed by atoms with Crippen LogP contribution in [0.2, 0.25) is 0 Å². The highest BCUT2D eigenvalue weighted by molar-refractivity contribution is 5.91. The van der Waals surface area contributed by atoms with E-state index in [1.54, 1.807) is 0 Å². The maximum absolute atomic E-state index is 11.7. The lowest BCUT2D eigenvalue weighted by atomic mass is 10.1. The van der Waals surface area contributed by atoms with Gasteiger partial charge in [0.1, 0.15) is 6.61 Å². The van der Waals surface area contributed by atoms with Gasteiger partial charge >= 0.3 is 0 Å². The zero-order valence-electron chi connectivity index (χ0n) is 11.6. The second-order valence-corrected chi connectivity index (χ2v) is 4.95. The molecule has 0 spiro atoms. The van der Waals surface area contributed by atoms with Crippen molar-refractivity contribution in [1.29, 1.82) is 0 Å². The lowest BCUT2D eigenvalue weighted by Gasteiger charge is -2.22. The van der Waals surface area contributed by atoms with E-state index in [0.717, 1.165) is 30.7 Å². The van der Waals surface area contributed by atoms with E-state index in [0.29, 0.717) is 13.2 Å². The molecule has 0 aromatic heterocycles. The maximum atomic E-state index is 11.7. The minimum absolute atomic E-state index is 0.0541. The van der Waals surface area contributed by atoms with Gasteiger partial charge in [-0.05, 0) is 37.0 Å². The van der Waals surface area contributed by atoms with Crippen molar-refractivity contribution in [3.8, 4) is 0 Å². The van der Waals surface area contributed by atoms with Crippen LogP contribution in [0.1, 0.15) is 24.8 Å². The highest BCUT2D eigenvalue weighted by Gasteiger charge is 2.14. The smallest absolute Gasteiger partial charge is 0.250 e. The lowest BCUT2D eigenvalue weighted by molar-refractivity contribution is -0.122. The molecule has 1 aromatic carbocycles. The average molecular weight is 278 g/mol. The van der Waals surface area contributed by atoms with Crippen LogP contribution in [0.3, 0.4) is 0 Å². The Morgan fingerprint density at radius 1 is 1.35 bits per heavy atom. The standard InChI is InChI=1S/C15H22N2O3/c16-9-12-4-6-13(7-5-12)17-15(18)11-19-10-14-3-1-2-8-20-14/h4-7,14H,1-3,8-11,16H2,(H,17,18). The van der Waals surface area contributed by atoms with Crippen LogP contribution < -0.4 is 11.1 Å². The molecule has 1 atom stereocenters. The van der Waals surface area contributed by atoms with E-state index in [9.17, 15) is 4.79 Å². The van der Waals surface area contributed by atoms with Gasteiger partial charge < -0.3 is 20.5 Å². The largest absolute Gasteiger partial charge is 0.376 e. The lowest BCUT2D eigenvalue weighted by Crippen LogP contribution is -2.27. The van der Waals surface area contributed by atoms with Gasteiger partial charge in [0.05, 0.1) is 12.7 Å². The van der Waals surface area contributed by atoms with E-state index in [-0.39, 0.29) is 18.6 Å². The average Bonchev–Trinajstić information content (AvgIpc) is 2.49. The predicted molar refractivity (Wildman–Crippen MR) is 77.4 cm³/mol. The monoisotopic (exact) mass is 278 g/mol. The fraction of sp³-hybridized carbons (Fsp3) is 0.533. The fourth-order valence-electron chi connectivity index (χ4n) is 2.14. The topological polar surface area (TPSA) is 73.6 Å². The SMILES string of the molecule is NCc1ccc(NC(=O)COCC2CCCCO2)cc1. The van der Waals surface area contributed by atoms with Gasteiger partial charge in [-0.3, -0.25) is 4.79 Å². The van der Waals surface area contributed by atoms with Crippen molar-refractivity contribution < 1.29 is 14.3 Å². The molecule has 0 saturated carbocycles. The number of amides is 1. The number of hydrogen-bond donors (Lipinski definition) is 2. The van der Waals surface area contributed by atoms with Gasteiger partial charge in [0.2, 0.25) is 5.91 Å². The van der Waals surface area contributed by atoms with Gasteiger partial charge in [-0.15, -0.1) is 0 Å². The van der Waals surface area contributed by atoms with Crippen LogP contribution in [0.15, 0.2) is 24.3 Å². The molecule has 1 amide bonds. The Hall–Kier alpha value is -1.43. The summed E-state index contributed by atoms with van der Waals surface area (Å²) in [5.74, 6) is -0.152. The maximum Gasteiger partial charge on any atom is 0.250 e. The first-order valence-electron chi connectivity index (χ1n) is 7.06. The molecule has 5 heteroatoms. The van der Waals surface area contributed by atoms with Crippen molar-refractivity contribution in [3.63, 3.8) is 0 Å². The van der Waals surface area contributed by atoms with E-state index in [1.807, 2.05) is 24.3 Å². The number of nitrogens with one attached hydrogen (secondary N) is 1. The molecule has 1 unspecified atom stereocenters. The molecule has 110 valence electrons. The molecule has 3 N–H and O–H groups in total. The minimum Gasteiger partial charge on any atom is -0.376 e. The Bertz CT molecular complexity index is 414. The summed E-state index contributed by atoms with van der Waals surface area (Å²) in [5.41, 5.74) is 7.31. The first-order chi connectivity index (χ1) is 9.78. The first-order valence-corrected chi connectivity index (χ1v) is 7.06. The van der Waals surface area contributed by atoms with Gasteiger partial charge in [-0.1, -0.05) is 12.1 Å². The molecule has 20 heavy (non-hydrogen) atoms. The second kappa shape index (κ2) is 7.99. The molecule has 1 heterocycles. The van der Waals surface area contributed by atoms with E-state index in [2.05, 4.69) is 5.32 Å². The van der Waals surface area contributed by atoms with Crippen molar-refractivity contribution in [1.82, 2.24) is 0 Å². The first kappa shape index (κ1) is 15.0. The number of hydrogen-bond acceptors (Lipinski definition) is 4. The van der Waals surface area contributed by atoms with Gasteiger partial charge in [-0.2, -0.15) is 0 Å². The summed E-state index contributed by atoms with van der Waals surface area (Å²) in [5, 5.41) is 2.79. The van der Waals surface area contributed by atoms with Gasteiger partial charge in [0.15, 0.2) is 0 Å². The fourth-order valence-corrected chi connectivity index (χ4v) is 2.14. The molecular weight excluding hydrogens is 256 g/mol. The summed E-state index contributed by atoms with van der Waals surface area (Å²) in [4.78, 5) is 11.7. The van der Waals surface area contributed by atoms with Crippen molar-refractivity contribution in [2.45, 2.75) is 31.9 Å². The predicted octanol–water partition coefficient (Wildman–Crippen LogP) is 1.67. The summed E-state index contributed by atoms with van der Waals surface area (Å²) in [6, 6.07) is 7.47. The highest BCUT2D eigenvalue weighted by Crippen LogP contribution is 2.13. The highest BCUT2D eigenvalue weighted by atomic mass is 16.5. The number of carbonyl (C=O) groups is 1.